The number of piperidine rings is 1. The predicted molar refractivity (Wildman–Crippen MR) is 81.4 cm³/mol. The second-order valence-corrected chi connectivity index (χ2v) is 6.89. The summed E-state index contributed by atoms with van der Waals surface area (Å²) in [7, 11) is 0. The summed E-state index contributed by atoms with van der Waals surface area (Å²) in [4.78, 5) is 14.5. The van der Waals surface area contributed by atoms with Crippen LogP contribution in [-0.4, -0.2) is 35.6 Å². The lowest BCUT2D eigenvalue weighted by Gasteiger charge is -2.32. The van der Waals surface area contributed by atoms with E-state index in [9.17, 15) is 9.90 Å². The van der Waals surface area contributed by atoms with E-state index in [1.165, 1.54) is 5.56 Å². The average molecular weight is 338 g/mol. The first-order chi connectivity index (χ1) is 9.69. The first-order valence-corrected chi connectivity index (χ1v) is 8.13. The van der Waals surface area contributed by atoms with Crippen molar-refractivity contribution in [2.45, 2.75) is 25.2 Å². The van der Waals surface area contributed by atoms with Gasteiger partial charge in [0.2, 0.25) is 5.91 Å². The second kappa shape index (κ2) is 5.86. The number of likely N-dealkylation sites (tertiary alicyclic amines) is 1. The molecule has 20 heavy (non-hydrogen) atoms. The molecule has 1 amide bonds. The van der Waals surface area contributed by atoms with Gasteiger partial charge in [0.05, 0.1) is 0 Å². The van der Waals surface area contributed by atoms with Crippen LogP contribution in [-0.2, 0) is 4.79 Å². The molecule has 1 heterocycles. The van der Waals surface area contributed by atoms with Crippen LogP contribution < -0.4 is 0 Å². The summed E-state index contributed by atoms with van der Waals surface area (Å²) >= 11 is 3.44. The topological polar surface area (TPSA) is 40.5 Å². The van der Waals surface area contributed by atoms with E-state index in [1.807, 2.05) is 17.0 Å². The zero-order chi connectivity index (χ0) is 14.1. The summed E-state index contributed by atoms with van der Waals surface area (Å²) in [5.74, 6) is 1.12. The van der Waals surface area contributed by atoms with Crippen LogP contribution in [0.25, 0.3) is 0 Å². The molecule has 1 N–H and O–H groups in total. The van der Waals surface area contributed by atoms with Crippen molar-refractivity contribution >= 4 is 21.8 Å². The number of nitrogens with zero attached hydrogens (tertiary/aromatic N) is 1. The Balaban J connectivity index is 1.61. The molecule has 1 saturated carbocycles. The average Bonchev–Trinajstić information content (AvgIpc) is 3.28. The van der Waals surface area contributed by atoms with Crippen LogP contribution in [0.2, 0.25) is 0 Å². The molecule has 3 nitrogen and oxygen atoms in total. The lowest BCUT2D eigenvalue weighted by atomic mass is 9.98. The molecule has 108 valence electrons. The van der Waals surface area contributed by atoms with Gasteiger partial charge in [0, 0.05) is 30.1 Å². The Morgan fingerprint density at radius 2 is 2.10 bits per heavy atom. The number of hydrogen-bond donors (Lipinski definition) is 1. The van der Waals surface area contributed by atoms with Gasteiger partial charge in [0.1, 0.15) is 0 Å². The van der Waals surface area contributed by atoms with Crippen molar-refractivity contribution in [2.75, 3.05) is 19.7 Å². The molecule has 0 bridgehead atoms. The fraction of sp³-hybridized carbons (Fsp3) is 0.562. The third-order valence-corrected chi connectivity index (χ3v) is 5.02. The van der Waals surface area contributed by atoms with Gasteiger partial charge in [-0.2, -0.15) is 0 Å². The molecule has 1 saturated heterocycles. The summed E-state index contributed by atoms with van der Waals surface area (Å²) in [6.07, 6.45) is 3.04. The van der Waals surface area contributed by atoms with Gasteiger partial charge in [-0.25, -0.2) is 0 Å². The zero-order valence-electron chi connectivity index (χ0n) is 11.5. The third kappa shape index (κ3) is 2.91. The number of benzene rings is 1. The fourth-order valence-electron chi connectivity index (χ4n) is 3.20. The smallest absolute Gasteiger partial charge is 0.226 e. The van der Waals surface area contributed by atoms with E-state index in [2.05, 4.69) is 28.1 Å². The standard InChI is InChI=1S/C16H20BrNO2/c17-13-5-3-12(4-6-13)14-8-15(14)16(20)18-7-1-2-11(9-18)10-19/h3-6,11,14-15,19H,1-2,7-10H2. The number of amides is 1. The Labute approximate surface area is 128 Å². The van der Waals surface area contributed by atoms with E-state index in [4.69, 9.17) is 0 Å². The molecule has 1 aliphatic heterocycles. The largest absolute Gasteiger partial charge is 0.396 e. The highest BCUT2D eigenvalue weighted by molar-refractivity contribution is 9.10. The number of aliphatic hydroxyl groups is 1. The van der Waals surface area contributed by atoms with Crippen molar-refractivity contribution in [1.82, 2.24) is 4.90 Å². The summed E-state index contributed by atoms with van der Waals surface area (Å²) in [6.45, 7) is 1.79. The van der Waals surface area contributed by atoms with Gasteiger partial charge in [-0.05, 0) is 48.8 Å². The van der Waals surface area contributed by atoms with Crippen molar-refractivity contribution < 1.29 is 9.90 Å². The van der Waals surface area contributed by atoms with Gasteiger partial charge >= 0.3 is 0 Å². The predicted octanol–water partition coefficient (Wildman–Crippen LogP) is 2.78. The molecule has 2 aliphatic rings. The normalized spacial score (nSPS) is 29.3. The summed E-state index contributed by atoms with van der Waals surface area (Å²) in [5.41, 5.74) is 1.27. The van der Waals surface area contributed by atoms with Gasteiger partial charge in [-0.3, -0.25) is 4.79 Å². The van der Waals surface area contributed by atoms with E-state index in [0.29, 0.717) is 5.92 Å². The minimum atomic E-state index is 0.161. The highest BCUT2D eigenvalue weighted by atomic mass is 79.9. The van der Waals surface area contributed by atoms with Crippen molar-refractivity contribution in [3.63, 3.8) is 0 Å². The van der Waals surface area contributed by atoms with Crippen molar-refractivity contribution in [2.24, 2.45) is 11.8 Å². The minimum absolute atomic E-state index is 0.161. The second-order valence-electron chi connectivity index (χ2n) is 5.98. The third-order valence-electron chi connectivity index (χ3n) is 4.49. The Bertz CT molecular complexity index is 488. The highest BCUT2D eigenvalue weighted by Crippen LogP contribution is 2.48. The highest BCUT2D eigenvalue weighted by Gasteiger charge is 2.46. The monoisotopic (exact) mass is 337 g/mol. The van der Waals surface area contributed by atoms with Crippen LogP contribution >= 0.6 is 15.9 Å². The van der Waals surface area contributed by atoms with E-state index in [0.717, 1.165) is 36.8 Å². The molecule has 3 rings (SSSR count). The minimum Gasteiger partial charge on any atom is -0.396 e. The van der Waals surface area contributed by atoms with E-state index in [-0.39, 0.29) is 24.3 Å². The van der Waals surface area contributed by atoms with Crippen LogP contribution in [0.5, 0.6) is 0 Å². The maximum atomic E-state index is 12.5. The molecule has 0 radical (unpaired) electrons. The SMILES string of the molecule is O=C(C1CC1c1ccc(Br)cc1)N1CCCC(CO)C1. The molecule has 1 aromatic rings. The lowest BCUT2D eigenvalue weighted by molar-refractivity contribution is -0.134. The first kappa shape index (κ1) is 14.1. The zero-order valence-corrected chi connectivity index (χ0v) is 13.1. The maximum Gasteiger partial charge on any atom is 0.226 e. The van der Waals surface area contributed by atoms with Gasteiger partial charge in [-0.1, -0.05) is 28.1 Å². The summed E-state index contributed by atoms with van der Waals surface area (Å²) in [6, 6.07) is 8.29. The van der Waals surface area contributed by atoms with Crippen LogP contribution in [0.15, 0.2) is 28.7 Å². The molecule has 3 unspecified atom stereocenters. The Morgan fingerprint density at radius 3 is 2.80 bits per heavy atom. The van der Waals surface area contributed by atoms with Crippen molar-refractivity contribution in [1.29, 1.82) is 0 Å². The van der Waals surface area contributed by atoms with Gasteiger partial charge in [-0.15, -0.1) is 0 Å². The van der Waals surface area contributed by atoms with Crippen LogP contribution in [0.1, 0.15) is 30.7 Å². The summed E-state index contributed by atoms with van der Waals surface area (Å²) in [5, 5.41) is 9.26. The Morgan fingerprint density at radius 1 is 1.35 bits per heavy atom. The molecule has 0 spiro atoms. The van der Waals surface area contributed by atoms with Gasteiger partial charge in [0.25, 0.3) is 0 Å². The number of carbonyl (C=O) groups excluding carboxylic acids is 1. The van der Waals surface area contributed by atoms with Gasteiger partial charge in [0.15, 0.2) is 0 Å². The number of rotatable bonds is 3. The van der Waals surface area contributed by atoms with E-state index in [1.54, 1.807) is 0 Å². The molecule has 3 atom stereocenters. The molecular formula is C16H20BrNO2. The van der Waals surface area contributed by atoms with Crippen LogP contribution in [0.4, 0.5) is 0 Å². The van der Waals surface area contributed by atoms with Gasteiger partial charge < -0.3 is 10.0 Å². The molecular weight excluding hydrogens is 318 g/mol. The first-order valence-electron chi connectivity index (χ1n) is 7.34. The molecule has 2 fully saturated rings. The fourth-order valence-corrected chi connectivity index (χ4v) is 3.46. The van der Waals surface area contributed by atoms with Crippen LogP contribution in [0.3, 0.4) is 0 Å². The quantitative estimate of drug-likeness (QED) is 0.921. The number of hydrogen-bond acceptors (Lipinski definition) is 2. The Kier molecular flexibility index (Phi) is 4.13. The number of halogens is 1. The van der Waals surface area contributed by atoms with Crippen molar-refractivity contribution in [3.8, 4) is 0 Å². The Hall–Kier alpha value is -0.870. The molecule has 0 aromatic heterocycles. The maximum absolute atomic E-state index is 12.5. The van der Waals surface area contributed by atoms with E-state index >= 15 is 0 Å². The molecule has 1 aromatic carbocycles. The number of aliphatic hydroxyl groups excluding tert-OH is 1. The molecule has 4 heteroatoms. The van der Waals surface area contributed by atoms with E-state index < -0.39 is 0 Å². The number of carbonyl (C=O) groups is 1. The van der Waals surface area contributed by atoms with Crippen molar-refractivity contribution in [3.05, 3.63) is 34.3 Å². The molecule has 1 aliphatic carbocycles. The summed E-state index contributed by atoms with van der Waals surface area (Å²) < 4.78 is 1.08. The van der Waals surface area contributed by atoms with Crippen LogP contribution in [0, 0.1) is 11.8 Å². The lowest BCUT2D eigenvalue weighted by Crippen LogP contribution is -2.41.